The minimum absolute atomic E-state index is 0.0712. The van der Waals surface area contributed by atoms with Gasteiger partial charge in [0.25, 0.3) is 0 Å². The molecule has 4 heteroatoms. The van der Waals surface area contributed by atoms with E-state index in [4.69, 9.17) is 0 Å². The van der Waals surface area contributed by atoms with Crippen LogP contribution in [0.25, 0.3) is 0 Å². The van der Waals surface area contributed by atoms with Crippen LogP contribution in [0.15, 0.2) is 11.1 Å². The molecule has 0 spiro atoms. The topological polar surface area (TPSA) is 81.7 Å². The minimum Gasteiger partial charge on any atom is -0.295 e. The zero-order valence-corrected chi connectivity index (χ0v) is 14.8. The Morgan fingerprint density at radius 3 is 2.17 bits per heavy atom. The van der Waals surface area contributed by atoms with E-state index in [2.05, 4.69) is 12.1 Å². The monoisotopic (exact) mass is 312 g/mol. The van der Waals surface area contributed by atoms with Gasteiger partial charge in [-0.05, 0) is 23.7 Å². The van der Waals surface area contributed by atoms with Gasteiger partial charge in [0.05, 0.1) is 12.1 Å². The summed E-state index contributed by atoms with van der Waals surface area (Å²) in [4.78, 5) is 25.8. The van der Waals surface area contributed by atoms with E-state index in [0.717, 1.165) is 6.42 Å². The highest BCUT2D eigenvalue weighted by atomic mass is 16.1. The van der Waals surface area contributed by atoms with Gasteiger partial charge in [0.15, 0.2) is 17.0 Å². The third-order valence-electron chi connectivity index (χ3n) is 5.29. The van der Waals surface area contributed by atoms with E-state index < -0.39 is 10.8 Å². The first kappa shape index (κ1) is 17.4. The molecule has 1 fully saturated rings. The Balaban J connectivity index is 2.77. The molecule has 4 nitrogen and oxygen atoms in total. The summed E-state index contributed by atoms with van der Waals surface area (Å²) in [5.74, 6) is -0.861. The third kappa shape index (κ3) is 2.41. The second kappa shape index (κ2) is 5.03. The first-order valence-electron chi connectivity index (χ1n) is 8.06. The maximum atomic E-state index is 13.0. The smallest absolute Gasteiger partial charge is 0.175 e. The zero-order valence-electron chi connectivity index (χ0n) is 14.8. The van der Waals surface area contributed by atoms with Crippen LogP contribution in [0.1, 0.15) is 54.4 Å². The molecule has 2 aliphatic carbocycles. The molecule has 0 aromatic heterocycles. The van der Waals surface area contributed by atoms with Crippen LogP contribution in [0.5, 0.6) is 0 Å². The summed E-state index contributed by atoms with van der Waals surface area (Å²) in [5.41, 5.74) is -1.78. The van der Waals surface area contributed by atoms with Gasteiger partial charge in [0.1, 0.15) is 0 Å². The molecule has 0 aliphatic heterocycles. The van der Waals surface area contributed by atoms with Crippen LogP contribution in [0, 0.1) is 50.7 Å². The summed E-state index contributed by atoms with van der Waals surface area (Å²) in [6.45, 7) is 11.2. The van der Waals surface area contributed by atoms with Gasteiger partial charge in [-0.15, -0.1) is 0 Å². The van der Waals surface area contributed by atoms with Gasteiger partial charge in [-0.1, -0.05) is 41.5 Å². The van der Waals surface area contributed by atoms with Crippen LogP contribution in [0.2, 0.25) is 0 Å². The van der Waals surface area contributed by atoms with E-state index >= 15 is 0 Å². The predicted molar refractivity (Wildman–Crippen MR) is 85.8 cm³/mol. The van der Waals surface area contributed by atoms with Crippen molar-refractivity contribution in [2.24, 2.45) is 28.1 Å². The Bertz CT molecular complexity index is 678. The van der Waals surface area contributed by atoms with Crippen molar-refractivity contribution < 1.29 is 9.59 Å². The Kier molecular flexibility index (Phi) is 3.81. The molecule has 0 radical (unpaired) electrons. The van der Waals surface area contributed by atoms with Crippen molar-refractivity contribution in [1.82, 2.24) is 0 Å². The number of hydrogen-bond acceptors (Lipinski definition) is 4. The standard InChI is InChI=1S/C19H24N2O2/c1-11-12-7-18(5,6)8-13(22)14(12)15(16(23)17(2,3)4)19(11,9-20)10-21/h11-12H,7-8H2,1-6H3/t11-,12-/m1/s1. The van der Waals surface area contributed by atoms with Crippen LogP contribution < -0.4 is 0 Å². The number of hydrogen-bond donors (Lipinski definition) is 0. The molecule has 2 atom stereocenters. The molecule has 23 heavy (non-hydrogen) atoms. The summed E-state index contributed by atoms with van der Waals surface area (Å²) in [6.07, 6.45) is 1.08. The number of Topliss-reactive ketones (excluding diaryl/α,β-unsaturated/α-hetero) is 2. The van der Waals surface area contributed by atoms with Crippen LogP contribution in [0.3, 0.4) is 0 Å². The second-order valence-corrected chi connectivity index (χ2v) is 8.76. The van der Waals surface area contributed by atoms with E-state index in [0.29, 0.717) is 12.0 Å². The Morgan fingerprint density at radius 1 is 1.22 bits per heavy atom. The predicted octanol–water partition coefficient (Wildman–Crippen LogP) is 3.59. The summed E-state index contributed by atoms with van der Waals surface area (Å²) in [5, 5.41) is 19.5. The number of carbonyl (C=O) groups excluding carboxylic acids is 2. The lowest BCUT2D eigenvalue weighted by Crippen LogP contribution is -2.34. The van der Waals surface area contributed by atoms with Gasteiger partial charge in [0, 0.05) is 23.0 Å². The minimum atomic E-state index is -1.51. The molecule has 2 rings (SSSR count). The molecule has 1 saturated carbocycles. The third-order valence-corrected chi connectivity index (χ3v) is 5.29. The molecule has 0 aromatic rings. The molecular weight excluding hydrogens is 288 g/mol. The largest absolute Gasteiger partial charge is 0.295 e. The number of carbonyl (C=O) groups is 2. The summed E-state index contributed by atoms with van der Waals surface area (Å²) >= 11 is 0. The van der Waals surface area contributed by atoms with Gasteiger partial charge < -0.3 is 0 Å². The molecule has 0 saturated heterocycles. The lowest BCUT2D eigenvalue weighted by atomic mass is 9.66. The number of rotatable bonds is 1. The van der Waals surface area contributed by atoms with Crippen molar-refractivity contribution in [1.29, 1.82) is 10.5 Å². The number of nitriles is 2. The summed E-state index contributed by atoms with van der Waals surface area (Å²) in [6, 6.07) is 4.18. The van der Waals surface area contributed by atoms with Crippen molar-refractivity contribution in [2.75, 3.05) is 0 Å². The summed E-state index contributed by atoms with van der Waals surface area (Å²) < 4.78 is 0. The average molecular weight is 312 g/mol. The van der Waals surface area contributed by atoms with Crippen molar-refractivity contribution >= 4 is 11.6 Å². The molecule has 0 heterocycles. The number of allylic oxidation sites excluding steroid dienone is 2. The van der Waals surface area contributed by atoms with E-state index in [1.54, 1.807) is 20.8 Å². The van der Waals surface area contributed by atoms with Gasteiger partial charge >= 0.3 is 0 Å². The van der Waals surface area contributed by atoms with Gasteiger partial charge in [-0.3, -0.25) is 9.59 Å². The lowest BCUT2D eigenvalue weighted by Gasteiger charge is -2.36. The van der Waals surface area contributed by atoms with Crippen LogP contribution in [0.4, 0.5) is 0 Å². The van der Waals surface area contributed by atoms with Crippen LogP contribution >= 0.6 is 0 Å². The van der Waals surface area contributed by atoms with Gasteiger partial charge in [-0.2, -0.15) is 10.5 Å². The fourth-order valence-electron chi connectivity index (χ4n) is 4.02. The van der Waals surface area contributed by atoms with Crippen molar-refractivity contribution in [2.45, 2.75) is 54.4 Å². The van der Waals surface area contributed by atoms with E-state index in [9.17, 15) is 20.1 Å². The molecule has 2 aliphatic rings. The average Bonchev–Trinajstić information content (AvgIpc) is 2.66. The number of ketones is 2. The quantitative estimate of drug-likeness (QED) is 0.741. The van der Waals surface area contributed by atoms with Crippen LogP contribution in [-0.2, 0) is 9.59 Å². The SMILES string of the molecule is C[C@@H]1[C@H]2CC(C)(C)CC(=O)C2=C(C(=O)C(C)(C)C)C1(C#N)C#N. The number of nitrogens with zero attached hydrogens (tertiary/aromatic N) is 2. The first-order valence-corrected chi connectivity index (χ1v) is 8.06. The highest BCUT2D eigenvalue weighted by molar-refractivity contribution is 6.11. The lowest BCUT2D eigenvalue weighted by molar-refractivity contribution is -0.124. The van der Waals surface area contributed by atoms with Gasteiger partial charge in [-0.25, -0.2) is 0 Å². The Morgan fingerprint density at radius 2 is 1.74 bits per heavy atom. The normalized spacial score (nSPS) is 28.8. The fraction of sp³-hybridized carbons (Fsp3) is 0.684. The maximum absolute atomic E-state index is 13.0. The molecule has 0 amide bonds. The molecule has 122 valence electrons. The highest BCUT2D eigenvalue weighted by Gasteiger charge is 2.60. The highest BCUT2D eigenvalue weighted by Crippen LogP contribution is 2.58. The molecule has 0 bridgehead atoms. The first-order chi connectivity index (χ1) is 10.4. The Hall–Kier alpha value is -1.94. The van der Waals surface area contributed by atoms with Crippen molar-refractivity contribution in [3.63, 3.8) is 0 Å². The van der Waals surface area contributed by atoms with Gasteiger partial charge in [0.2, 0.25) is 0 Å². The fourth-order valence-corrected chi connectivity index (χ4v) is 4.02. The molecule has 0 unspecified atom stereocenters. The maximum Gasteiger partial charge on any atom is 0.175 e. The second-order valence-electron chi connectivity index (χ2n) is 8.76. The number of fused-ring (bicyclic) bond motifs is 1. The molecule has 0 aromatic carbocycles. The zero-order chi connectivity index (χ0) is 17.8. The Labute approximate surface area is 138 Å². The van der Waals surface area contributed by atoms with Crippen LogP contribution in [-0.4, -0.2) is 11.6 Å². The molecular formula is C19H24N2O2. The summed E-state index contributed by atoms with van der Waals surface area (Å²) in [7, 11) is 0. The van der Waals surface area contributed by atoms with E-state index in [1.807, 2.05) is 20.8 Å². The van der Waals surface area contributed by atoms with E-state index in [1.165, 1.54) is 0 Å². The van der Waals surface area contributed by atoms with Crippen molar-refractivity contribution in [3.8, 4) is 12.1 Å². The molecule has 0 N–H and O–H groups in total. The van der Waals surface area contributed by atoms with Crippen molar-refractivity contribution in [3.05, 3.63) is 11.1 Å². The van der Waals surface area contributed by atoms with E-state index in [-0.39, 0.29) is 34.4 Å².